The molecular formula is C17H22N2O4S. The van der Waals surface area contributed by atoms with E-state index in [-0.39, 0.29) is 29.4 Å². The molecular weight excluding hydrogens is 328 g/mol. The van der Waals surface area contributed by atoms with Gasteiger partial charge in [0, 0.05) is 11.7 Å². The maximum absolute atomic E-state index is 11.8. The number of ether oxygens (including phenoxy) is 1. The average molecular weight is 350 g/mol. The first-order chi connectivity index (χ1) is 11.4. The molecule has 0 unspecified atom stereocenters. The molecule has 24 heavy (non-hydrogen) atoms. The number of amides is 2. The van der Waals surface area contributed by atoms with E-state index in [0.717, 1.165) is 35.9 Å². The van der Waals surface area contributed by atoms with Crippen LogP contribution in [0.15, 0.2) is 24.3 Å². The molecule has 0 aliphatic heterocycles. The third-order valence-corrected chi connectivity index (χ3v) is 4.30. The Kier molecular flexibility index (Phi) is 6.66. The first-order valence-corrected chi connectivity index (χ1v) is 9.03. The first-order valence-electron chi connectivity index (χ1n) is 7.88. The van der Waals surface area contributed by atoms with Crippen LogP contribution in [0.4, 0.5) is 5.69 Å². The summed E-state index contributed by atoms with van der Waals surface area (Å²) in [5.41, 5.74) is 1.84. The number of anilines is 1. The predicted octanol–water partition coefficient (Wildman–Crippen LogP) is 1.88. The fraction of sp³-hybridized carbons (Fsp3) is 0.471. The van der Waals surface area contributed by atoms with Gasteiger partial charge in [0.05, 0.1) is 11.5 Å². The Hall–Kier alpha value is -2.02. The largest absolute Gasteiger partial charge is 0.452 e. The van der Waals surface area contributed by atoms with Crippen molar-refractivity contribution in [3.63, 3.8) is 0 Å². The highest BCUT2D eigenvalue weighted by molar-refractivity contribution is 8.00. The van der Waals surface area contributed by atoms with Crippen molar-refractivity contribution in [2.75, 3.05) is 16.8 Å². The standard InChI is InChI=1S/C17H22N2O4S/c1-11-3-5-13(6-4-11)18-15(20)9-24-10-16(21)23-12(2)17(22)19-14-7-8-14/h3-6,12,14H,7-10H2,1-2H3,(H,18,20)(H,19,22)/t12-/m0/s1. The first kappa shape index (κ1) is 18.3. The molecule has 0 radical (unpaired) electrons. The van der Waals surface area contributed by atoms with Gasteiger partial charge in [0.1, 0.15) is 0 Å². The average Bonchev–Trinajstić information content (AvgIpc) is 3.33. The van der Waals surface area contributed by atoms with Crippen LogP contribution in [0.2, 0.25) is 0 Å². The molecule has 1 aliphatic rings. The van der Waals surface area contributed by atoms with Crippen molar-refractivity contribution in [3.05, 3.63) is 29.8 Å². The molecule has 2 N–H and O–H groups in total. The van der Waals surface area contributed by atoms with Gasteiger partial charge in [-0.1, -0.05) is 17.7 Å². The molecule has 0 spiro atoms. The molecule has 6 nitrogen and oxygen atoms in total. The monoisotopic (exact) mass is 350 g/mol. The second-order valence-corrected chi connectivity index (χ2v) is 6.81. The maximum Gasteiger partial charge on any atom is 0.316 e. The van der Waals surface area contributed by atoms with Crippen molar-refractivity contribution in [2.45, 2.75) is 38.8 Å². The molecule has 1 aromatic rings. The smallest absolute Gasteiger partial charge is 0.316 e. The molecule has 1 aromatic carbocycles. The molecule has 1 saturated carbocycles. The number of hydrogen-bond donors (Lipinski definition) is 2. The third-order valence-electron chi connectivity index (χ3n) is 3.39. The van der Waals surface area contributed by atoms with Gasteiger partial charge in [-0.25, -0.2) is 0 Å². The SMILES string of the molecule is Cc1ccc(NC(=O)CSCC(=O)O[C@@H](C)C(=O)NC2CC2)cc1. The minimum absolute atomic E-state index is 0.0301. The Labute approximate surface area is 145 Å². The summed E-state index contributed by atoms with van der Waals surface area (Å²) in [6.45, 7) is 3.52. The van der Waals surface area contributed by atoms with Gasteiger partial charge in [0.2, 0.25) is 5.91 Å². The minimum atomic E-state index is -0.805. The lowest BCUT2D eigenvalue weighted by Crippen LogP contribution is -2.37. The van der Waals surface area contributed by atoms with Gasteiger partial charge in [-0.2, -0.15) is 0 Å². The van der Waals surface area contributed by atoms with E-state index in [1.165, 1.54) is 0 Å². The quantitative estimate of drug-likeness (QED) is 0.699. The van der Waals surface area contributed by atoms with Crippen LogP contribution in [0.1, 0.15) is 25.3 Å². The number of thioether (sulfide) groups is 1. The zero-order valence-corrected chi connectivity index (χ0v) is 14.7. The van der Waals surface area contributed by atoms with Crippen molar-refractivity contribution >= 4 is 35.2 Å². The van der Waals surface area contributed by atoms with Crippen LogP contribution in [0.25, 0.3) is 0 Å². The van der Waals surface area contributed by atoms with Gasteiger partial charge in [0.25, 0.3) is 5.91 Å². The summed E-state index contributed by atoms with van der Waals surface area (Å²) in [6, 6.07) is 7.71. The lowest BCUT2D eigenvalue weighted by atomic mass is 10.2. The number of carbonyl (C=O) groups excluding carboxylic acids is 3. The van der Waals surface area contributed by atoms with Gasteiger partial charge in [-0.15, -0.1) is 11.8 Å². The predicted molar refractivity (Wildman–Crippen MR) is 93.9 cm³/mol. The Balaban J connectivity index is 1.61. The van der Waals surface area contributed by atoms with Gasteiger partial charge in [-0.3, -0.25) is 14.4 Å². The molecule has 0 bridgehead atoms. The Bertz CT molecular complexity index is 599. The van der Waals surface area contributed by atoms with Crippen LogP contribution in [-0.4, -0.2) is 41.4 Å². The summed E-state index contributed by atoms with van der Waals surface area (Å²) in [5, 5.41) is 5.53. The van der Waals surface area contributed by atoms with Gasteiger partial charge in [-0.05, 0) is 38.8 Å². The van der Waals surface area contributed by atoms with E-state index in [2.05, 4.69) is 10.6 Å². The molecule has 130 valence electrons. The van der Waals surface area contributed by atoms with E-state index >= 15 is 0 Å². The molecule has 1 fully saturated rings. The number of rotatable bonds is 8. The number of benzene rings is 1. The van der Waals surface area contributed by atoms with Crippen LogP contribution in [-0.2, 0) is 19.1 Å². The topological polar surface area (TPSA) is 84.5 Å². The number of aryl methyl sites for hydroxylation is 1. The van der Waals surface area contributed by atoms with E-state index in [4.69, 9.17) is 4.74 Å². The second-order valence-electron chi connectivity index (χ2n) is 5.82. The van der Waals surface area contributed by atoms with Crippen LogP contribution < -0.4 is 10.6 Å². The molecule has 7 heteroatoms. The summed E-state index contributed by atoms with van der Waals surface area (Å²) in [4.78, 5) is 35.2. The number of carbonyl (C=O) groups is 3. The summed E-state index contributed by atoms with van der Waals surface area (Å²) in [5.74, 6) is -0.778. The maximum atomic E-state index is 11.8. The molecule has 0 aromatic heterocycles. The van der Waals surface area contributed by atoms with Crippen molar-refractivity contribution in [2.24, 2.45) is 0 Å². The van der Waals surface area contributed by atoms with Crippen LogP contribution in [0.3, 0.4) is 0 Å². The van der Waals surface area contributed by atoms with Gasteiger partial charge >= 0.3 is 5.97 Å². The van der Waals surface area contributed by atoms with Crippen molar-refractivity contribution in [1.82, 2.24) is 5.32 Å². The number of esters is 1. The van der Waals surface area contributed by atoms with Crippen LogP contribution in [0.5, 0.6) is 0 Å². The molecule has 0 heterocycles. The Morgan fingerprint density at radius 1 is 1.21 bits per heavy atom. The van der Waals surface area contributed by atoms with Crippen molar-refractivity contribution in [1.29, 1.82) is 0 Å². The van der Waals surface area contributed by atoms with E-state index in [1.54, 1.807) is 6.92 Å². The molecule has 2 rings (SSSR count). The highest BCUT2D eigenvalue weighted by atomic mass is 32.2. The molecule has 2 amide bonds. The number of nitrogens with one attached hydrogen (secondary N) is 2. The van der Waals surface area contributed by atoms with E-state index in [1.807, 2.05) is 31.2 Å². The van der Waals surface area contributed by atoms with Crippen LogP contribution >= 0.6 is 11.8 Å². The van der Waals surface area contributed by atoms with Crippen LogP contribution in [0, 0.1) is 6.92 Å². The van der Waals surface area contributed by atoms with Crippen molar-refractivity contribution in [3.8, 4) is 0 Å². The lowest BCUT2D eigenvalue weighted by Gasteiger charge is -2.13. The third kappa shape index (κ3) is 6.62. The fourth-order valence-corrected chi connectivity index (χ4v) is 2.49. The zero-order valence-electron chi connectivity index (χ0n) is 13.8. The van der Waals surface area contributed by atoms with Gasteiger partial charge in [0.15, 0.2) is 6.10 Å². The zero-order chi connectivity index (χ0) is 17.5. The lowest BCUT2D eigenvalue weighted by molar-refractivity contribution is -0.152. The Morgan fingerprint density at radius 3 is 2.50 bits per heavy atom. The molecule has 0 saturated heterocycles. The van der Waals surface area contributed by atoms with Gasteiger partial charge < -0.3 is 15.4 Å². The van der Waals surface area contributed by atoms with E-state index in [0.29, 0.717) is 0 Å². The molecule has 1 aliphatic carbocycles. The summed E-state index contributed by atoms with van der Waals surface area (Å²) >= 11 is 1.15. The summed E-state index contributed by atoms with van der Waals surface area (Å²) in [6.07, 6.45) is 1.16. The fourth-order valence-electron chi connectivity index (χ4n) is 1.89. The van der Waals surface area contributed by atoms with E-state index in [9.17, 15) is 14.4 Å². The summed E-state index contributed by atoms with van der Waals surface area (Å²) in [7, 11) is 0. The molecule has 1 atom stereocenters. The highest BCUT2D eigenvalue weighted by Gasteiger charge is 2.27. The highest BCUT2D eigenvalue weighted by Crippen LogP contribution is 2.18. The van der Waals surface area contributed by atoms with E-state index < -0.39 is 12.1 Å². The second kappa shape index (κ2) is 8.73. The Morgan fingerprint density at radius 2 is 1.88 bits per heavy atom. The summed E-state index contributed by atoms with van der Waals surface area (Å²) < 4.78 is 5.05. The minimum Gasteiger partial charge on any atom is -0.452 e. The van der Waals surface area contributed by atoms with Crippen molar-refractivity contribution < 1.29 is 19.1 Å². The normalized spacial score (nSPS) is 14.6. The number of hydrogen-bond acceptors (Lipinski definition) is 5.